The zero-order chi connectivity index (χ0) is 15.6. The molecular formula is C13H20N4O2S2. The van der Waals surface area contributed by atoms with E-state index >= 15 is 0 Å². The Morgan fingerprint density at radius 1 is 1.43 bits per heavy atom. The highest BCUT2D eigenvalue weighted by Crippen LogP contribution is 2.22. The first-order valence-corrected chi connectivity index (χ1v) is 9.04. The zero-order valence-electron chi connectivity index (χ0n) is 12.3. The van der Waals surface area contributed by atoms with E-state index in [-0.39, 0.29) is 17.0 Å². The molecule has 0 amide bonds. The molecule has 0 saturated carbocycles. The maximum atomic E-state index is 12.5. The minimum absolute atomic E-state index is 0.156. The van der Waals surface area contributed by atoms with E-state index in [9.17, 15) is 8.42 Å². The summed E-state index contributed by atoms with van der Waals surface area (Å²) in [5.41, 5.74) is 6.48. The maximum Gasteiger partial charge on any atom is 0.242 e. The number of thiazole rings is 1. The first-order chi connectivity index (χ1) is 9.85. The van der Waals surface area contributed by atoms with Crippen LogP contribution in [-0.4, -0.2) is 18.0 Å². The van der Waals surface area contributed by atoms with Crippen molar-refractivity contribution in [2.45, 2.75) is 44.3 Å². The molecule has 2 rings (SSSR count). The number of nitrogens with zero attached hydrogens (tertiary/aromatic N) is 2. The van der Waals surface area contributed by atoms with Gasteiger partial charge in [0, 0.05) is 36.1 Å². The monoisotopic (exact) mass is 328 g/mol. The van der Waals surface area contributed by atoms with Crippen molar-refractivity contribution >= 4 is 21.4 Å². The smallest absolute Gasteiger partial charge is 0.242 e. The molecule has 8 heteroatoms. The molecule has 0 aliphatic heterocycles. The van der Waals surface area contributed by atoms with Crippen LogP contribution < -0.4 is 10.5 Å². The summed E-state index contributed by atoms with van der Waals surface area (Å²) in [6.07, 6.45) is 3.29. The average Bonchev–Trinajstić information content (AvgIpc) is 3.07. The molecule has 0 aliphatic rings. The Bertz CT molecular complexity index is 690. The van der Waals surface area contributed by atoms with Crippen LogP contribution in [0.15, 0.2) is 28.7 Å². The van der Waals surface area contributed by atoms with Gasteiger partial charge in [-0.05, 0) is 26.8 Å². The molecule has 21 heavy (non-hydrogen) atoms. The molecule has 0 radical (unpaired) electrons. The topological polar surface area (TPSA) is 90.0 Å². The van der Waals surface area contributed by atoms with Crippen molar-refractivity contribution in [3.05, 3.63) is 34.5 Å². The van der Waals surface area contributed by atoms with Crippen molar-refractivity contribution in [3.8, 4) is 0 Å². The van der Waals surface area contributed by atoms with Crippen molar-refractivity contribution in [3.63, 3.8) is 0 Å². The highest BCUT2D eigenvalue weighted by molar-refractivity contribution is 7.89. The highest BCUT2D eigenvalue weighted by Gasteiger charge is 2.22. The first-order valence-electron chi connectivity index (χ1n) is 6.67. The Hall–Kier alpha value is -1.22. The Balaban J connectivity index is 2.27. The van der Waals surface area contributed by atoms with Gasteiger partial charge in [-0.1, -0.05) is 0 Å². The second-order valence-electron chi connectivity index (χ2n) is 5.09. The van der Waals surface area contributed by atoms with Gasteiger partial charge < -0.3 is 10.3 Å². The molecule has 116 valence electrons. The molecule has 0 saturated heterocycles. The largest absolute Gasteiger partial charge is 0.346 e. The van der Waals surface area contributed by atoms with Gasteiger partial charge >= 0.3 is 0 Å². The molecule has 1 atom stereocenters. The van der Waals surface area contributed by atoms with E-state index in [1.54, 1.807) is 25.4 Å². The molecular weight excluding hydrogens is 308 g/mol. The molecule has 6 nitrogen and oxygen atoms in total. The lowest BCUT2D eigenvalue weighted by Gasteiger charge is -2.11. The fourth-order valence-electron chi connectivity index (χ4n) is 2.09. The van der Waals surface area contributed by atoms with Gasteiger partial charge in [0.05, 0.1) is 10.9 Å². The first kappa shape index (κ1) is 16.2. The molecule has 2 heterocycles. The second-order valence-corrected chi connectivity index (χ2v) is 7.73. The van der Waals surface area contributed by atoms with E-state index in [2.05, 4.69) is 9.71 Å². The third-order valence-corrected chi connectivity index (χ3v) is 5.60. The fraction of sp³-hybridized carbons (Fsp3) is 0.462. The number of hydrogen-bond acceptors (Lipinski definition) is 5. The SMILES string of the molecule is CC(NS(=O)(=O)c1cc(CN)n(C(C)C)c1)c1nccs1. The third-order valence-electron chi connectivity index (χ3n) is 3.14. The van der Waals surface area contributed by atoms with Crippen LogP contribution in [0.1, 0.15) is 43.6 Å². The van der Waals surface area contributed by atoms with Crippen LogP contribution in [0.2, 0.25) is 0 Å². The van der Waals surface area contributed by atoms with E-state index in [1.165, 1.54) is 11.3 Å². The molecule has 0 bridgehead atoms. The number of nitrogens with one attached hydrogen (secondary N) is 1. The molecule has 0 spiro atoms. The third kappa shape index (κ3) is 3.52. The standard InChI is InChI=1S/C13H20N4O2S2/c1-9(2)17-8-12(6-11(17)7-14)21(18,19)16-10(3)13-15-4-5-20-13/h4-6,8-10,16H,7,14H2,1-3H3. The predicted molar refractivity (Wildman–Crippen MR) is 83.6 cm³/mol. The van der Waals surface area contributed by atoms with Crippen LogP contribution in [0.4, 0.5) is 0 Å². The summed E-state index contributed by atoms with van der Waals surface area (Å²) in [5.74, 6) is 0. The van der Waals surface area contributed by atoms with Gasteiger partial charge in [0.15, 0.2) is 0 Å². The van der Waals surface area contributed by atoms with Crippen LogP contribution >= 0.6 is 11.3 Å². The highest BCUT2D eigenvalue weighted by atomic mass is 32.2. The normalized spacial score (nSPS) is 13.8. The number of sulfonamides is 1. The van der Waals surface area contributed by atoms with Crippen molar-refractivity contribution in [2.24, 2.45) is 5.73 Å². The lowest BCUT2D eigenvalue weighted by atomic mass is 10.3. The van der Waals surface area contributed by atoms with Gasteiger partial charge in [0.2, 0.25) is 10.0 Å². The van der Waals surface area contributed by atoms with Crippen LogP contribution in [-0.2, 0) is 16.6 Å². The summed E-state index contributed by atoms with van der Waals surface area (Å²) in [7, 11) is -3.59. The summed E-state index contributed by atoms with van der Waals surface area (Å²) >= 11 is 1.42. The summed E-state index contributed by atoms with van der Waals surface area (Å²) in [4.78, 5) is 4.36. The molecule has 0 fully saturated rings. The van der Waals surface area contributed by atoms with E-state index in [1.807, 2.05) is 23.8 Å². The lowest BCUT2D eigenvalue weighted by Crippen LogP contribution is -2.26. The van der Waals surface area contributed by atoms with Crippen molar-refractivity contribution in [1.29, 1.82) is 0 Å². The molecule has 3 N–H and O–H groups in total. The summed E-state index contributed by atoms with van der Waals surface area (Å²) in [6.45, 7) is 6.05. The van der Waals surface area contributed by atoms with Crippen LogP contribution in [0.5, 0.6) is 0 Å². The van der Waals surface area contributed by atoms with E-state index in [0.29, 0.717) is 6.54 Å². The van der Waals surface area contributed by atoms with Gasteiger partial charge in [-0.15, -0.1) is 11.3 Å². The Labute approximate surface area is 129 Å². The van der Waals surface area contributed by atoms with Crippen molar-refractivity contribution < 1.29 is 8.42 Å². The number of nitrogens with two attached hydrogens (primary N) is 1. The van der Waals surface area contributed by atoms with Crippen molar-refractivity contribution in [2.75, 3.05) is 0 Å². The summed E-state index contributed by atoms with van der Waals surface area (Å²) < 4.78 is 29.4. The number of rotatable bonds is 6. The van der Waals surface area contributed by atoms with E-state index in [4.69, 9.17) is 5.73 Å². The summed E-state index contributed by atoms with van der Waals surface area (Å²) in [5, 5.41) is 2.56. The second kappa shape index (κ2) is 6.27. The maximum absolute atomic E-state index is 12.5. The van der Waals surface area contributed by atoms with Crippen molar-refractivity contribution in [1.82, 2.24) is 14.3 Å². The molecule has 0 aromatic carbocycles. The molecule has 2 aromatic heterocycles. The zero-order valence-corrected chi connectivity index (χ0v) is 13.9. The van der Waals surface area contributed by atoms with E-state index < -0.39 is 10.0 Å². The Kier molecular flexibility index (Phi) is 4.82. The lowest BCUT2D eigenvalue weighted by molar-refractivity contribution is 0.561. The van der Waals surface area contributed by atoms with Crippen LogP contribution in [0.3, 0.4) is 0 Å². The predicted octanol–water partition coefficient (Wildman–Crippen LogP) is 2.02. The molecule has 2 aromatic rings. The van der Waals surface area contributed by atoms with Crippen LogP contribution in [0.25, 0.3) is 0 Å². The quantitative estimate of drug-likeness (QED) is 0.849. The van der Waals surface area contributed by atoms with Gasteiger partial charge in [-0.2, -0.15) is 0 Å². The van der Waals surface area contributed by atoms with Crippen LogP contribution in [0, 0.1) is 0 Å². The minimum Gasteiger partial charge on any atom is -0.346 e. The number of aromatic nitrogens is 2. The Morgan fingerprint density at radius 2 is 2.14 bits per heavy atom. The minimum atomic E-state index is -3.59. The molecule has 0 aliphatic carbocycles. The van der Waals surface area contributed by atoms with Gasteiger partial charge in [0.1, 0.15) is 5.01 Å². The average molecular weight is 328 g/mol. The van der Waals surface area contributed by atoms with Gasteiger partial charge in [-0.3, -0.25) is 0 Å². The van der Waals surface area contributed by atoms with E-state index in [0.717, 1.165) is 10.7 Å². The molecule has 1 unspecified atom stereocenters. The van der Waals surface area contributed by atoms with Gasteiger partial charge in [0.25, 0.3) is 0 Å². The fourth-order valence-corrected chi connectivity index (χ4v) is 4.06. The van der Waals surface area contributed by atoms with Gasteiger partial charge in [-0.25, -0.2) is 18.1 Å². The summed E-state index contributed by atoms with van der Waals surface area (Å²) in [6, 6.07) is 1.42. The number of hydrogen-bond donors (Lipinski definition) is 2. The Morgan fingerprint density at radius 3 is 2.62 bits per heavy atom.